The molecule has 360 valence electrons. The SMILES string of the molecule is CC/C=C/C/C=C/C/C=C/CCCCCCCCCCCC(=O)OCC(COCCC(C(=O)O)[N+](C)(C)C)OC(=O)CCCCCCCCC/C=C/CCCCCCCCCC. The number of nitrogens with zero attached hydrogens (tertiary/aromatic N) is 1. The maximum absolute atomic E-state index is 12.8. The molecule has 0 amide bonds. The van der Waals surface area contributed by atoms with Crippen LogP contribution in [0.3, 0.4) is 0 Å². The second-order valence-electron chi connectivity index (χ2n) is 18.4. The number of rotatable bonds is 46. The molecular weight excluding hydrogens is 775 g/mol. The van der Waals surface area contributed by atoms with E-state index in [-0.39, 0.29) is 36.2 Å². The number of ether oxygens (including phenoxy) is 3. The lowest BCUT2D eigenvalue weighted by Gasteiger charge is -2.31. The Morgan fingerprint density at radius 2 is 0.903 bits per heavy atom. The number of hydrogen-bond acceptors (Lipinski definition) is 6. The van der Waals surface area contributed by atoms with Crippen LogP contribution in [-0.2, 0) is 28.6 Å². The summed E-state index contributed by atoms with van der Waals surface area (Å²) in [4.78, 5) is 37.2. The summed E-state index contributed by atoms with van der Waals surface area (Å²) in [6.45, 7) is 4.64. The highest BCUT2D eigenvalue weighted by Crippen LogP contribution is 2.15. The Kier molecular flexibility index (Phi) is 42.9. The fraction of sp³-hybridized carbons (Fsp3) is 0.796. The lowest BCUT2D eigenvalue weighted by Crippen LogP contribution is -2.50. The van der Waals surface area contributed by atoms with Crippen molar-refractivity contribution in [3.8, 4) is 0 Å². The molecule has 1 N–H and O–H groups in total. The third kappa shape index (κ3) is 42.6. The fourth-order valence-electron chi connectivity index (χ4n) is 7.51. The van der Waals surface area contributed by atoms with Crippen molar-refractivity contribution < 1.29 is 38.2 Å². The third-order valence-electron chi connectivity index (χ3n) is 11.5. The summed E-state index contributed by atoms with van der Waals surface area (Å²) in [7, 11) is 5.53. The molecule has 0 bridgehead atoms. The van der Waals surface area contributed by atoms with Crippen molar-refractivity contribution in [3.63, 3.8) is 0 Å². The predicted octanol–water partition coefficient (Wildman–Crippen LogP) is 14.8. The van der Waals surface area contributed by atoms with Crippen molar-refractivity contribution in [1.82, 2.24) is 0 Å². The van der Waals surface area contributed by atoms with Crippen LogP contribution >= 0.6 is 0 Å². The monoisotopic (exact) mass is 873 g/mol. The number of carbonyl (C=O) groups is 3. The van der Waals surface area contributed by atoms with Gasteiger partial charge in [-0.2, -0.15) is 0 Å². The summed E-state index contributed by atoms with van der Waals surface area (Å²) in [5.74, 6) is -1.47. The Balaban J connectivity index is 4.25. The van der Waals surface area contributed by atoms with E-state index in [0.717, 1.165) is 64.2 Å². The molecule has 0 aromatic rings. The molecule has 2 atom stereocenters. The summed E-state index contributed by atoms with van der Waals surface area (Å²) >= 11 is 0. The van der Waals surface area contributed by atoms with Gasteiger partial charge in [0.05, 0.1) is 34.4 Å². The second-order valence-corrected chi connectivity index (χ2v) is 18.4. The topological polar surface area (TPSA) is 99.1 Å². The number of carbonyl (C=O) groups excluding carboxylic acids is 2. The summed E-state index contributed by atoms with van der Waals surface area (Å²) < 4.78 is 17.4. The van der Waals surface area contributed by atoms with Crippen molar-refractivity contribution in [3.05, 3.63) is 48.6 Å². The van der Waals surface area contributed by atoms with Gasteiger partial charge >= 0.3 is 17.9 Å². The first-order chi connectivity index (χ1) is 30.1. The van der Waals surface area contributed by atoms with Crippen LogP contribution in [-0.4, -0.2) is 80.6 Å². The molecule has 0 rings (SSSR count). The molecule has 0 aliphatic carbocycles. The number of allylic oxidation sites excluding steroid dienone is 8. The lowest BCUT2D eigenvalue weighted by atomic mass is 10.1. The van der Waals surface area contributed by atoms with Gasteiger partial charge in [0.2, 0.25) is 0 Å². The lowest BCUT2D eigenvalue weighted by molar-refractivity contribution is -0.887. The van der Waals surface area contributed by atoms with Crippen molar-refractivity contribution in [2.24, 2.45) is 0 Å². The average molecular weight is 873 g/mol. The molecule has 2 unspecified atom stereocenters. The molecule has 8 nitrogen and oxygen atoms in total. The standard InChI is InChI=1S/C54H97NO7/c1-6-8-10-12-14-16-18-20-22-24-26-28-30-32-34-36-38-40-42-44-52(56)61-49-50(48-60-47-46-51(54(58)59)55(3,4)5)62-53(57)45-43-41-39-37-35-33-31-29-27-25-23-21-19-17-15-13-11-9-7-2/h8,10,14,16,20,22,25,27,50-51H,6-7,9,11-13,15,17-19,21,23-24,26,28-49H2,1-5H3/p+1/b10-8+,16-14+,22-20+,27-25+. The first-order valence-corrected chi connectivity index (χ1v) is 25.7. The van der Waals surface area contributed by atoms with Crippen LogP contribution in [0.25, 0.3) is 0 Å². The fourth-order valence-corrected chi connectivity index (χ4v) is 7.51. The average Bonchev–Trinajstić information content (AvgIpc) is 3.23. The molecule has 0 fully saturated rings. The molecular formula is C54H98NO7+. The Morgan fingerprint density at radius 3 is 1.35 bits per heavy atom. The van der Waals surface area contributed by atoms with Gasteiger partial charge in [-0.15, -0.1) is 0 Å². The highest BCUT2D eigenvalue weighted by Gasteiger charge is 2.31. The van der Waals surface area contributed by atoms with Crippen LogP contribution in [0.2, 0.25) is 0 Å². The van der Waals surface area contributed by atoms with Gasteiger partial charge in [-0.05, 0) is 70.6 Å². The van der Waals surface area contributed by atoms with Gasteiger partial charge in [0.15, 0.2) is 12.1 Å². The molecule has 0 saturated carbocycles. The zero-order valence-corrected chi connectivity index (χ0v) is 41.1. The summed E-state index contributed by atoms with van der Waals surface area (Å²) in [6, 6.07) is -0.617. The molecule has 8 heteroatoms. The smallest absolute Gasteiger partial charge is 0.362 e. The number of aliphatic carboxylic acids is 1. The van der Waals surface area contributed by atoms with Crippen molar-refractivity contribution >= 4 is 17.9 Å². The van der Waals surface area contributed by atoms with E-state index in [9.17, 15) is 19.5 Å². The zero-order chi connectivity index (χ0) is 45.6. The molecule has 0 heterocycles. The van der Waals surface area contributed by atoms with Crippen LogP contribution in [0.4, 0.5) is 0 Å². The van der Waals surface area contributed by atoms with Crippen LogP contribution in [0, 0.1) is 0 Å². The largest absolute Gasteiger partial charge is 0.477 e. The van der Waals surface area contributed by atoms with Crippen molar-refractivity contribution in [1.29, 1.82) is 0 Å². The second kappa shape index (κ2) is 44.9. The van der Waals surface area contributed by atoms with E-state index in [1.807, 2.05) is 21.1 Å². The van der Waals surface area contributed by atoms with Gasteiger partial charge in [0, 0.05) is 19.3 Å². The van der Waals surface area contributed by atoms with Crippen LogP contribution < -0.4 is 0 Å². The van der Waals surface area contributed by atoms with Crippen LogP contribution in [0.1, 0.15) is 226 Å². The first-order valence-electron chi connectivity index (χ1n) is 25.7. The number of quaternary nitrogens is 1. The molecule has 0 spiro atoms. The van der Waals surface area contributed by atoms with Crippen molar-refractivity contribution in [2.75, 3.05) is 41.0 Å². The van der Waals surface area contributed by atoms with E-state index in [1.54, 1.807) is 0 Å². The molecule has 62 heavy (non-hydrogen) atoms. The minimum atomic E-state index is -0.876. The van der Waals surface area contributed by atoms with Gasteiger partial charge in [0.1, 0.15) is 6.61 Å². The Hall–Kier alpha value is -2.71. The number of esters is 2. The Labute approximate surface area is 382 Å². The summed E-state index contributed by atoms with van der Waals surface area (Å²) in [5, 5.41) is 9.65. The molecule has 0 radical (unpaired) electrons. The van der Waals surface area contributed by atoms with Crippen LogP contribution in [0.15, 0.2) is 48.6 Å². The van der Waals surface area contributed by atoms with E-state index >= 15 is 0 Å². The normalized spacial score (nSPS) is 13.2. The maximum atomic E-state index is 12.8. The van der Waals surface area contributed by atoms with Gasteiger partial charge in [-0.1, -0.05) is 184 Å². The number of likely N-dealkylation sites (N-methyl/N-ethyl adjacent to an activating group) is 1. The number of carboxylic acid groups (broad SMARTS) is 1. The van der Waals surface area contributed by atoms with E-state index in [4.69, 9.17) is 14.2 Å². The zero-order valence-electron chi connectivity index (χ0n) is 41.1. The molecule has 0 aromatic heterocycles. The number of hydrogen-bond donors (Lipinski definition) is 1. The van der Waals surface area contributed by atoms with Gasteiger partial charge in [-0.25, -0.2) is 4.79 Å². The molecule has 0 saturated heterocycles. The first kappa shape index (κ1) is 59.3. The van der Waals surface area contributed by atoms with E-state index in [2.05, 4.69) is 62.5 Å². The maximum Gasteiger partial charge on any atom is 0.362 e. The molecule has 0 aliphatic rings. The van der Waals surface area contributed by atoms with E-state index < -0.39 is 18.1 Å². The predicted molar refractivity (Wildman–Crippen MR) is 261 cm³/mol. The Morgan fingerprint density at radius 1 is 0.500 bits per heavy atom. The summed E-state index contributed by atoms with van der Waals surface area (Å²) in [5.41, 5.74) is 0. The van der Waals surface area contributed by atoms with E-state index in [1.165, 1.54) is 128 Å². The minimum absolute atomic E-state index is 0.0551. The highest BCUT2D eigenvalue weighted by molar-refractivity contribution is 5.72. The minimum Gasteiger partial charge on any atom is -0.477 e. The van der Waals surface area contributed by atoms with Crippen molar-refractivity contribution in [2.45, 2.75) is 238 Å². The third-order valence-corrected chi connectivity index (χ3v) is 11.5. The summed E-state index contributed by atoms with van der Waals surface area (Å²) in [6.07, 6.45) is 54.4. The number of unbranched alkanes of at least 4 members (excludes halogenated alkanes) is 24. The molecule has 0 aliphatic heterocycles. The van der Waals surface area contributed by atoms with Gasteiger partial charge in [-0.3, -0.25) is 9.59 Å². The number of carboxylic acids is 1. The van der Waals surface area contributed by atoms with E-state index in [0.29, 0.717) is 19.3 Å². The highest BCUT2D eigenvalue weighted by atomic mass is 16.6. The quantitative estimate of drug-likeness (QED) is 0.0281. The Bertz CT molecular complexity index is 1150. The van der Waals surface area contributed by atoms with Gasteiger partial charge in [0.25, 0.3) is 0 Å². The van der Waals surface area contributed by atoms with Gasteiger partial charge < -0.3 is 23.8 Å². The molecule has 0 aromatic carbocycles. The van der Waals surface area contributed by atoms with Crippen LogP contribution in [0.5, 0.6) is 0 Å².